The van der Waals surface area contributed by atoms with Gasteiger partial charge in [-0.05, 0) is 97.2 Å². The lowest BCUT2D eigenvalue weighted by Gasteiger charge is -2.26. The highest BCUT2D eigenvalue weighted by molar-refractivity contribution is 7.24. The second-order valence-corrected chi connectivity index (χ2v) is 16.6. The number of nitrogens with zero attached hydrogens (tertiary/aromatic N) is 1. The fourth-order valence-electron chi connectivity index (χ4n) is 8.97. The van der Waals surface area contributed by atoms with Crippen LogP contribution in [0.3, 0.4) is 0 Å². The topological polar surface area (TPSA) is 3.24 Å². The summed E-state index contributed by atoms with van der Waals surface area (Å²) in [5.74, 6) is 0. The van der Waals surface area contributed by atoms with Gasteiger partial charge in [-0.25, -0.2) is 0 Å². The molecule has 11 rings (SSSR count). The van der Waals surface area contributed by atoms with Crippen molar-refractivity contribution in [3.8, 4) is 66.1 Å². The Bertz CT molecular complexity index is 3270. The minimum atomic E-state index is 1.11. The van der Waals surface area contributed by atoms with Gasteiger partial charge in [0.1, 0.15) is 0 Å². The quantitative estimate of drug-likeness (QED) is 0.140. The van der Waals surface area contributed by atoms with Crippen LogP contribution < -0.4 is 4.90 Å². The van der Waals surface area contributed by atoms with Gasteiger partial charge in [-0.15, -0.1) is 11.3 Å². The number of anilines is 3. The monoisotopic (exact) mass is 807 g/mol. The normalized spacial score (nSPS) is 11.2. The lowest BCUT2D eigenvalue weighted by molar-refractivity contribution is 1.28. The van der Waals surface area contributed by atoms with Gasteiger partial charge < -0.3 is 4.90 Å². The van der Waals surface area contributed by atoms with E-state index in [0.29, 0.717) is 0 Å². The van der Waals surface area contributed by atoms with Crippen LogP contribution in [-0.4, -0.2) is 0 Å². The Kier molecular flexibility index (Phi) is 9.82. The Labute approximate surface area is 367 Å². The van der Waals surface area contributed by atoms with E-state index >= 15 is 0 Å². The van der Waals surface area contributed by atoms with E-state index in [4.69, 9.17) is 0 Å². The van der Waals surface area contributed by atoms with E-state index in [1.807, 2.05) is 11.3 Å². The fourth-order valence-corrected chi connectivity index (χ4v) is 10.4. The van der Waals surface area contributed by atoms with Crippen molar-refractivity contribution in [2.75, 3.05) is 4.90 Å². The van der Waals surface area contributed by atoms with Crippen molar-refractivity contribution in [1.82, 2.24) is 0 Å². The zero-order valence-electron chi connectivity index (χ0n) is 34.0. The van der Waals surface area contributed by atoms with E-state index in [1.54, 1.807) is 0 Å². The van der Waals surface area contributed by atoms with Crippen molar-refractivity contribution in [3.05, 3.63) is 249 Å². The number of para-hydroxylation sites is 1. The molecule has 0 amide bonds. The van der Waals surface area contributed by atoms with Gasteiger partial charge >= 0.3 is 0 Å². The first-order valence-electron chi connectivity index (χ1n) is 21.2. The average Bonchev–Trinajstić information content (AvgIpc) is 3.76. The van der Waals surface area contributed by atoms with E-state index in [0.717, 1.165) is 17.1 Å². The standard InChI is InChI=1S/C60H41NS/c1-6-18-42(19-7-1)44-34-38-51(39-35-44)61(50-26-14-5-15-27-50)52-40-36-45(37-41-52)43-30-32-49(33-31-43)59-57(48-24-12-4-13-25-48)58-54-29-17-16-28-53(54)55(46-20-8-2-9-21-46)56(60(58)62-59)47-22-10-3-11-23-47/h1-41H. The van der Waals surface area contributed by atoms with Crippen LogP contribution in [0.4, 0.5) is 17.1 Å². The summed E-state index contributed by atoms with van der Waals surface area (Å²) < 4.78 is 1.31. The number of hydrogen-bond acceptors (Lipinski definition) is 2. The molecule has 292 valence electrons. The minimum absolute atomic E-state index is 1.11. The highest BCUT2D eigenvalue weighted by Gasteiger charge is 2.25. The summed E-state index contributed by atoms with van der Waals surface area (Å²) in [6.45, 7) is 0. The van der Waals surface area contributed by atoms with E-state index in [2.05, 4.69) is 254 Å². The van der Waals surface area contributed by atoms with Gasteiger partial charge in [0.2, 0.25) is 0 Å². The smallest absolute Gasteiger partial charge is 0.0462 e. The Morgan fingerprint density at radius 2 is 0.581 bits per heavy atom. The largest absolute Gasteiger partial charge is 0.311 e. The first-order valence-corrected chi connectivity index (χ1v) is 22.0. The van der Waals surface area contributed by atoms with Crippen LogP contribution in [0.2, 0.25) is 0 Å². The molecule has 0 saturated carbocycles. The van der Waals surface area contributed by atoms with Crippen LogP contribution in [0.15, 0.2) is 249 Å². The molecule has 0 bridgehead atoms. The molecular weight excluding hydrogens is 767 g/mol. The summed E-state index contributed by atoms with van der Waals surface area (Å²) in [6, 6.07) is 90.0. The van der Waals surface area contributed by atoms with Gasteiger partial charge in [0.15, 0.2) is 0 Å². The van der Waals surface area contributed by atoms with Crippen molar-refractivity contribution in [2.45, 2.75) is 0 Å². The number of benzene rings is 10. The Hall–Kier alpha value is -7.78. The maximum Gasteiger partial charge on any atom is 0.0462 e. The third-order valence-corrected chi connectivity index (χ3v) is 13.1. The van der Waals surface area contributed by atoms with E-state index in [1.165, 1.54) is 86.9 Å². The summed E-state index contributed by atoms with van der Waals surface area (Å²) in [7, 11) is 0. The molecule has 0 unspecified atom stereocenters. The first kappa shape index (κ1) is 37.2. The van der Waals surface area contributed by atoms with Crippen molar-refractivity contribution >= 4 is 49.3 Å². The van der Waals surface area contributed by atoms with Crippen molar-refractivity contribution in [3.63, 3.8) is 0 Å². The molecule has 62 heavy (non-hydrogen) atoms. The van der Waals surface area contributed by atoms with Crippen LogP contribution in [0.5, 0.6) is 0 Å². The highest BCUT2D eigenvalue weighted by Crippen LogP contribution is 2.54. The Morgan fingerprint density at radius 1 is 0.242 bits per heavy atom. The average molecular weight is 808 g/mol. The molecule has 0 radical (unpaired) electrons. The zero-order valence-corrected chi connectivity index (χ0v) is 34.8. The maximum atomic E-state index is 2.32. The highest BCUT2D eigenvalue weighted by atomic mass is 32.1. The molecule has 1 nitrogen and oxygen atoms in total. The molecule has 0 atom stereocenters. The molecule has 2 heteroatoms. The summed E-state index contributed by atoms with van der Waals surface area (Å²) in [5, 5.41) is 3.85. The maximum absolute atomic E-state index is 2.32. The molecule has 1 heterocycles. The second kappa shape index (κ2) is 16.3. The number of fused-ring (bicyclic) bond motifs is 3. The van der Waals surface area contributed by atoms with Crippen LogP contribution in [0, 0.1) is 0 Å². The van der Waals surface area contributed by atoms with Crippen LogP contribution in [0.1, 0.15) is 0 Å². The SMILES string of the molecule is c1ccc(-c2ccc(N(c3ccccc3)c3ccc(-c4ccc(-c5sc6c(-c7ccccc7)c(-c7ccccc7)c7ccccc7c6c5-c5ccccc5)cc4)cc3)cc2)cc1. The molecule has 0 fully saturated rings. The van der Waals surface area contributed by atoms with E-state index in [9.17, 15) is 0 Å². The van der Waals surface area contributed by atoms with Crippen LogP contribution >= 0.6 is 11.3 Å². The van der Waals surface area contributed by atoms with Gasteiger partial charge in [0, 0.05) is 43.2 Å². The number of rotatable bonds is 9. The molecule has 0 aliphatic carbocycles. The van der Waals surface area contributed by atoms with Crippen molar-refractivity contribution < 1.29 is 0 Å². The third kappa shape index (κ3) is 6.87. The molecule has 0 spiro atoms. The van der Waals surface area contributed by atoms with E-state index < -0.39 is 0 Å². The Balaban J connectivity index is 1.02. The third-order valence-electron chi connectivity index (χ3n) is 11.9. The first-order chi connectivity index (χ1) is 30.8. The molecule has 10 aromatic carbocycles. The fraction of sp³-hybridized carbons (Fsp3) is 0. The molecule has 0 aliphatic heterocycles. The lowest BCUT2D eigenvalue weighted by atomic mass is 9.86. The van der Waals surface area contributed by atoms with Gasteiger partial charge in [0.25, 0.3) is 0 Å². The predicted molar refractivity (Wildman–Crippen MR) is 267 cm³/mol. The summed E-state index contributed by atoms with van der Waals surface area (Å²) >= 11 is 1.91. The zero-order chi connectivity index (χ0) is 41.2. The van der Waals surface area contributed by atoms with Gasteiger partial charge in [0.05, 0.1) is 0 Å². The molecule has 0 aliphatic rings. The Morgan fingerprint density at radius 3 is 1.08 bits per heavy atom. The number of hydrogen-bond donors (Lipinski definition) is 0. The molecule has 1 aromatic heterocycles. The summed E-state index contributed by atoms with van der Waals surface area (Å²) in [4.78, 5) is 3.60. The minimum Gasteiger partial charge on any atom is -0.311 e. The summed E-state index contributed by atoms with van der Waals surface area (Å²) in [5.41, 5.74) is 16.9. The van der Waals surface area contributed by atoms with E-state index in [-0.39, 0.29) is 0 Å². The van der Waals surface area contributed by atoms with Gasteiger partial charge in [-0.1, -0.05) is 212 Å². The van der Waals surface area contributed by atoms with Crippen LogP contribution in [-0.2, 0) is 0 Å². The van der Waals surface area contributed by atoms with Gasteiger partial charge in [-0.2, -0.15) is 0 Å². The lowest BCUT2D eigenvalue weighted by Crippen LogP contribution is -2.09. The second-order valence-electron chi connectivity index (χ2n) is 15.6. The molecule has 0 N–H and O–H groups in total. The van der Waals surface area contributed by atoms with Gasteiger partial charge in [-0.3, -0.25) is 0 Å². The number of thiophene rings is 1. The molecular formula is C60H41NS. The molecule has 0 saturated heterocycles. The van der Waals surface area contributed by atoms with Crippen LogP contribution in [0.25, 0.3) is 86.9 Å². The van der Waals surface area contributed by atoms with Crippen molar-refractivity contribution in [1.29, 1.82) is 0 Å². The predicted octanol–water partition coefficient (Wildman–Crippen LogP) is 17.5. The summed E-state index contributed by atoms with van der Waals surface area (Å²) in [6.07, 6.45) is 0. The molecule has 11 aromatic rings. The van der Waals surface area contributed by atoms with Crippen molar-refractivity contribution in [2.24, 2.45) is 0 Å².